The number of halogens is 1. The van der Waals surface area contributed by atoms with Crippen LogP contribution in [0.1, 0.15) is 16.6 Å². The Morgan fingerprint density at radius 1 is 1.43 bits per heavy atom. The van der Waals surface area contributed by atoms with E-state index in [0.29, 0.717) is 30.5 Å². The van der Waals surface area contributed by atoms with E-state index < -0.39 is 0 Å². The number of ether oxygens (including phenoxy) is 1. The number of amides is 1. The van der Waals surface area contributed by atoms with E-state index in [1.165, 1.54) is 0 Å². The molecule has 0 radical (unpaired) electrons. The van der Waals surface area contributed by atoms with E-state index in [2.05, 4.69) is 10.3 Å². The Labute approximate surface area is 143 Å². The van der Waals surface area contributed by atoms with Crippen LogP contribution in [0.15, 0.2) is 30.5 Å². The zero-order chi connectivity index (χ0) is 16.2. The van der Waals surface area contributed by atoms with E-state index in [-0.39, 0.29) is 11.3 Å². The minimum absolute atomic E-state index is 0.0994. The second-order valence-electron chi connectivity index (χ2n) is 5.18. The summed E-state index contributed by atoms with van der Waals surface area (Å²) in [4.78, 5) is 13.8. The monoisotopic (exact) mass is 352 g/mol. The third-order valence-electron chi connectivity index (χ3n) is 3.60. The van der Waals surface area contributed by atoms with Crippen LogP contribution in [-0.4, -0.2) is 51.8 Å². The number of hydrogen-bond donors (Lipinski definition) is 0. The van der Waals surface area contributed by atoms with Crippen LogP contribution in [0.4, 0.5) is 0 Å². The Morgan fingerprint density at radius 3 is 3.04 bits per heavy atom. The summed E-state index contributed by atoms with van der Waals surface area (Å²) in [6, 6.07) is 7.65. The minimum Gasteiger partial charge on any atom is -0.383 e. The maximum atomic E-state index is 12.0. The van der Waals surface area contributed by atoms with Gasteiger partial charge in [-0.25, -0.2) is 4.68 Å². The number of rotatable bonds is 6. The number of methoxy groups -OCH3 is 1. The van der Waals surface area contributed by atoms with Gasteiger partial charge < -0.3 is 9.64 Å². The highest BCUT2D eigenvalue weighted by Crippen LogP contribution is 2.37. The SMILES string of the molecule is COCCN1C(=O)CS[C@@H]1c1cn(Cc2ccccc2Cl)nn1. The Bertz CT molecular complexity index is 694. The molecule has 1 aromatic heterocycles. The van der Waals surface area contributed by atoms with Crippen LogP contribution in [0.25, 0.3) is 0 Å². The van der Waals surface area contributed by atoms with Crippen LogP contribution in [0, 0.1) is 0 Å². The number of carbonyl (C=O) groups excluding carboxylic acids is 1. The summed E-state index contributed by atoms with van der Waals surface area (Å²) in [5, 5.41) is 9.00. The molecule has 6 nitrogen and oxygen atoms in total. The third-order valence-corrected chi connectivity index (χ3v) is 5.20. The summed E-state index contributed by atoms with van der Waals surface area (Å²) >= 11 is 7.74. The average molecular weight is 353 g/mol. The number of thioether (sulfide) groups is 1. The molecule has 3 rings (SSSR count). The highest BCUT2D eigenvalue weighted by Gasteiger charge is 2.34. The molecule has 0 spiro atoms. The first kappa shape index (κ1) is 16.3. The third kappa shape index (κ3) is 3.68. The molecule has 0 N–H and O–H groups in total. The lowest BCUT2D eigenvalue weighted by atomic mass is 10.2. The maximum absolute atomic E-state index is 12.0. The van der Waals surface area contributed by atoms with Crippen LogP contribution >= 0.6 is 23.4 Å². The lowest BCUT2D eigenvalue weighted by molar-refractivity contribution is -0.128. The molecule has 1 fully saturated rings. The van der Waals surface area contributed by atoms with Gasteiger partial charge in [0.1, 0.15) is 11.1 Å². The molecule has 0 unspecified atom stereocenters. The van der Waals surface area contributed by atoms with E-state index in [0.717, 1.165) is 11.3 Å². The zero-order valence-electron chi connectivity index (χ0n) is 12.7. The van der Waals surface area contributed by atoms with Crippen molar-refractivity contribution in [1.29, 1.82) is 0 Å². The molecule has 0 aliphatic carbocycles. The molecule has 1 amide bonds. The van der Waals surface area contributed by atoms with Crippen molar-refractivity contribution >= 4 is 29.3 Å². The summed E-state index contributed by atoms with van der Waals surface area (Å²) in [5.41, 5.74) is 1.76. The van der Waals surface area contributed by atoms with E-state index in [9.17, 15) is 4.79 Å². The zero-order valence-corrected chi connectivity index (χ0v) is 14.3. The van der Waals surface area contributed by atoms with E-state index in [4.69, 9.17) is 16.3 Å². The fourth-order valence-corrected chi connectivity index (χ4v) is 3.78. The second-order valence-corrected chi connectivity index (χ2v) is 6.65. The molecule has 1 aromatic carbocycles. The van der Waals surface area contributed by atoms with Crippen molar-refractivity contribution in [3.05, 3.63) is 46.7 Å². The van der Waals surface area contributed by atoms with E-state index in [1.54, 1.807) is 28.5 Å². The number of hydrogen-bond acceptors (Lipinski definition) is 5. The van der Waals surface area contributed by atoms with E-state index >= 15 is 0 Å². The Kier molecular flexibility index (Phi) is 5.20. The number of benzene rings is 1. The first-order chi connectivity index (χ1) is 11.2. The standard InChI is InChI=1S/C15H17ClN4O2S/c1-22-7-6-20-14(21)10-23-15(20)13-9-19(18-17-13)8-11-4-2-3-5-12(11)16/h2-5,9,15H,6-8,10H2,1H3/t15-/m1/s1. The van der Waals surface area contributed by atoms with Gasteiger partial charge in [-0.05, 0) is 11.6 Å². The van der Waals surface area contributed by atoms with Gasteiger partial charge in [-0.3, -0.25) is 4.79 Å². The molecule has 122 valence electrons. The van der Waals surface area contributed by atoms with Crippen molar-refractivity contribution in [1.82, 2.24) is 19.9 Å². The fourth-order valence-electron chi connectivity index (χ4n) is 2.44. The summed E-state index contributed by atoms with van der Waals surface area (Å²) in [6.45, 7) is 1.62. The molecule has 1 aliphatic heterocycles. The van der Waals surface area contributed by atoms with Crippen LogP contribution in [-0.2, 0) is 16.1 Å². The van der Waals surface area contributed by atoms with Gasteiger partial charge in [0, 0.05) is 18.7 Å². The molecule has 8 heteroatoms. The van der Waals surface area contributed by atoms with Gasteiger partial charge in [0.2, 0.25) is 5.91 Å². The highest BCUT2D eigenvalue weighted by molar-refractivity contribution is 8.00. The first-order valence-electron chi connectivity index (χ1n) is 7.22. The molecule has 0 saturated carbocycles. The first-order valence-corrected chi connectivity index (χ1v) is 8.65. The van der Waals surface area contributed by atoms with Crippen molar-refractivity contribution in [3.8, 4) is 0 Å². The predicted octanol–water partition coefficient (Wildman–Crippen LogP) is 2.20. The summed E-state index contributed by atoms with van der Waals surface area (Å²) in [6.07, 6.45) is 1.87. The Balaban J connectivity index is 1.73. The molecular weight excluding hydrogens is 336 g/mol. The Hall–Kier alpha value is -1.57. The molecular formula is C15H17ClN4O2S. The second kappa shape index (κ2) is 7.33. The average Bonchev–Trinajstić information content (AvgIpc) is 3.14. The lowest BCUT2D eigenvalue weighted by Gasteiger charge is -2.21. The molecule has 1 atom stereocenters. The van der Waals surface area contributed by atoms with Gasteiger partial charge >= 0.3 is 0 Å². The summed E-state index contributed by atoms with van der Waals surface area (Å²) in [5.74, 6) is 0.573. The van der Waals surface area contributed by atoms with Crippen molar-refractivity contribution in [3.63, 3.8) is 0 Å². The van der Waals surface area contributed by atoms with Gasteiger partial charge in [0.15, 0.2) is 0 Å². The number of aromatic nitrogens is 3. The summed E-state index contributed by atoms with van der Waals surface area (Å²) in [7, 11) is 1.63. The quantitative estimate of drug-likeness (QED) is 0.797. The molecule has 0 bridgehead atoms. The molecule has 1 aliphatic rings. The molecule has 2 aromatic rings. The smallest absolute Gasteiger partial charge is 0.233 e. The number of nitrogens with zero attached hydrogens (tertiary/aromatic N) is 4. The molecule has 23 heavy (non-hydrogen) atoms. The largest absolute Gasteiger partial charge is 0.383 e. The summed E-state index contributed by atoms with van der Waals surface area (Å²) < 4.78 is 6.82. The maximum Gasteiger partial charge on any atom is 0.233 e. The van der Waals surface area contributed by atoms with Crippen LogP contribution in [0.2, 0.25) is 5.02 Å². The van der Waals surface area contributed by atoms with Gasteiger partial charge in [0.05, 0.1) is 25.1 Å². The van der Waals surface area contributed by atoms with Gasteiger partial charge in [0.25, 0.3) is 0 Å². The lowest BCUT2D eigenvalue weighted by Crippen LogP contribution is -2.31. The normalized spacial score (nSPS) is 17.9. The van der Waals surface area contributed by atoms with Crippen molar-refractivity contribution in [2.45, 2.75) is 11.9 Å². The van der Waals surface area contributed by atoms with Crippen molar-refractivity contribution in [2.75, 3.05) is 26.0 Å². The fraction of sp³-hybridized carbons (Fsp3) is 0.400. The van der Waals surface area contributed by atoms with Gasteiger partial charge in [-0.15, -0.1) is 16.9 Å². The number of carbonyl (C=O) groups is 1. The van der Waals surface area contributed by atoms with Gasteiger partial charge in [-0.2, -0.15) is 0 Å². The van der Waals surface area contributed by atoms with Crippen molar-refractivity contribution in [2.24, 2.45) is 0 Å². The molecule has 2 heterocycles. The molecule has 1 saturated heterocycles. The van der Waals surface area contributed by atoms with Crippen LogP contribution < -0.4 is 0 Å². The van der Waals surface area contributed by atoms with Gasteiger partial charge in [-0.1, -0.05) is 35.0 Å². The van der Waals surface area contributed by atoms with Crippen LogP contribution in [0.5, 0.6) is 0 Å². The highest BCUT2D eigenvalue weighted by atomic mass is 35.5. The Morgan fingerprint density at radius 2 is 2.26 bits per heavy atom. The minimum atomic E-state index is -0.0994. The van der Waals surface area contributed by atoms with Crippen molar-refractivity contribution < 1.29 is 9.53 Å². The topological polar surface area (TPSA) is 60.2 Å². The van der Waals surface area contributed by atoms with Crippen LogP contribution in [0.3, 0.4) is 0 Å². The predicted molar refractivity (Wildman–Crippen MR) is 89.4 cm³/mol. The van der Waals surface area contributed by atoms with E-state index in [1.807, 2.05) is 30.5 Å².